The minimum absolute atomic E-state index is 0.156. The predicted molar refractivity (Wildman–Crippen MR) is 105 cm³/mol. The van der Waals surface area contributed by atoms with E-state index in [2.05, 4.69) is 20.5 Å². The minimum Gasteiger partial charge on any atom is -0.497 e. The van der Waals surface area contributed by atoms with Gasteiger partial charge >= 0.3 is 0 Å². The number of carbonyl (C=O) groups excluding carboxylic acids is 1. The van der Waals surface area contributed by atoms with E-state index in [1.807, 2.05) is 61.5 Å². The van der Waals surface area contributed by atoms with Gasteiger partial charge < -0.3 is 15.0 Å². The Morgan fingerprint density at radius 2 is 1.96 bits per heavy atom. The van der Waals surface area contributed by atoms with Crippen molar-refractivity contribution in [1.29, 1.82) is 0 Å². The van der Waals surface area contributed by atoms with Crippen LogP contribution in [0.25, 0.3) is 22.2 Å². The molecule has 0 spiro atoms. The Morgan fingerprint density at radius 3 is 2.74 bits per heavy atom. The van der Waals surface area contributed by atoms with Crippen LogP contribution >= 0.6 is 0 Å². The van der Waals surface area contributed by atoms with Crippen molar-refractivity contribution in [1.82, 2.24) is 20.5 Å². The van der Waals surface area contributed by atoms with Gasteiger partial charge in [-0.05, 0) is 31.2 Å². The third-order valence-electron chi connectivity index (χ3n) is 4.54. The van der Waals surface area contributed by atoms with Crippen molar-refractivity contribution < 1.29 is 9.53 Å². The molecule has 0 saturated heterocycles. The van der Waals surface area contributed by atoms with Crippen LogP contribution in [0.3, 0.4) is 0 Å². The van der Waals surface area contributed by atoms with Gasteiger partial charge in [0.25, 0.3) is 5.91 Å². The summed E-state index contributed by atoms with van der Waals surface area (Å²) >= 11 is 0. The molecule has 4 rings (SSSR count). The largest absolute Gasteiger partial charge is 0.497 e. The SMILES string of the molecule is COc1ccc2[nH]c(CNC(=O)c3c(-c4ccccc4)n[nH]c3C)cc2c1. The Kier molecular flexibility index (Phi) is 4.38. The molecule has 27 heavy (non-hydrogen) atoms. The second-order valence-electron chi connectivity index (χ2n) is 6.37. The molecular weight excluding hydrogens is 340 g/mol. The van der Waals surface area contributed by atoms with Crippen LogP contribution in [0.2, 0.25) is 0 Å². The first-order valence-corrected chi connectivity index (χ1v) is 8.70. The van der Waals surface area contributed by atoms with Gasteiger partial charge in [-0.25, -0.2) is 0 Å². The number of ether oxygens (including phenoxy) is 1. The van der Waals surface area contributed by atoms with Gasteiger partial charge in [-0.3, -0.25) is 9.89 Å². The van der Waals surface area contributed by atoms with E-state index < -0.39 is 0 Å². The summed E-state index contributed by atoms with van der Waals surface area (Å²) < 4.78 is 5.25. The van der Waals surface area contributed by atoms with Crippen LogP contribution in [0.5, 0.6) is 5.75 Å². The Morgan fingerprint density at radius 1 is 1.15 bits per heavy atom. The zero-order valence-electron chi connectivity index (χ0n) is 15.2. The van der Waals surface area contributed by atoms with Crippen molar-refractivity contribution in [2.45, 2.75) is 13.5 Å². The van der Waals surface area contributed by atoms with Gasteiger partial charge in [-0.15, -0.1) is 0 Å². The number of fused-ring (bicyclic) bond motifs is 1. The van der Waals surface area contributed by atoms with Crippen molar-refractivity contribution in [3.05, 3.63) is 71.5 Å². The van der Waals surface area contributed by atoms with Gasteiger partial charge in [0, 0.05) is 27.9 Å². The molecule has 0 aliphatic heterocycles. The molecule has 0 atom stereocenters. The lowest BCUT2D eigenvalue weighted by Gasteiger charge is -2.06. The molecule has 2 heterocycles. The minimum atomic E-state index is -0.156. The van der Waals surface area contributed by atoms with Crippen molar-refractivity contribution >= 4 is 16.8 Å². The second kappa shape index (κ2) is 6.99. The predicted octanol–water partition coefficient (Wildman–Crippen LogP) is 3.81. The number of aromatic nitrogens is 3. The summed E-state index contributed by atoms with van der Waals surface area (Å²) in [7, 11) is 1.65. The van der Waals surface area contributed by atoms with E-state index in [1.165, 1.54) is 0 Å². The molecule has 0 fully saturated rings. The summed E-state index contributed by atoms with van der Waals surface area (Å²) in [6, 6.07) is 17.5. The lowest BCUT2D eigenvalue weighted by molar-refractivity contribution is 0.0950. The summed E-state index contributed by atoms with van der Waals surface area (Å²) in [6.07, 6.45) is 0. The highest BCUT2D eigenvalue weighted by Gasteiger charge is 2.19. The first-order valence-electron chi connectivity index (χ1n) is 8.70. The van der Waals surface area contributed by atoms with Gasteiger partial charge in [0.15, 0.2) is 0 Å². The molecule has 0 unspecified atom stereocenters. The molecule has 4 aromatic rings. The number of hydrogen-bond acceptors (Lipinski definition) is 3. The Labute approximate surface area is 156 Å². The summed E-state index contributed by atoms with van der Waals surface area (Å²) in [4.78, 5) is 16.1. The number of H-pyrrole nitrogens is 2. The summed E-state index contributed by atoms with van der Waals surface area (Å²) in [5.41, 5.74) is 4.81. The van der Waals surface area contributed by atoms with E-state index in [4.69, 9.17) is 4.74 Å². The molecule has 0 aliphatic carbocycles. The highest BCUT2D eigenvalue weighted by molar-refractivity contribution is 6.01. The number of aromatic amines is 2. The normalized spacial score (nSPS) is 10.9. The third-order valence-corrected chi connectivity index (χ3v) is 4.54. The molecule has 0 aliphatic rings. The van der Waals surface area contributed by atoms with E-state index in [9.17, 15) is 4.79 Å². The van der Waals surface area contributed by atoms with Crippen LogP contribution in [0.15, 0.2) is 54.6 Å². The second-order valence-corrected chi connectivity index (χ2v) is 6.37. The third kappa shape index (κ3) is 3.29. The Hall–Kier alpha value is -3.54. The maximum Gasteiger partial charge on any atom is 0.255 e. The fourth-order valence-corrected chi connectivity index (χ4v) is 3.17. The average molecular weight is 360 g/mol. The molecule has 136 valence electrons. The van der Waals surface area contributed by atoms with E-state index >= 15 is 0 Å². The Bertz CT molecular complexity index is 1100. The topological polar surface area (TPSA) is 82.8 Å². The van der Waals surface area contributed by atoms with E-state index in [0.717, 1.165) is 33.6 Å². The van der Waals surface area contributed by atoms with Gasteiger partial charge in [-0.1, -0.05) is 30.3 Å². The quantitative estimate of drug-likeness (QED) is 0.506. The van der Waals surface area contributed by atoms with Crippen LogP contribution in [0.1, 0.15) is 21.7 Å². The molecule has 0 bridgehead atoms. The number of aryl methyl sites for hydroxylation is 1. The molecule has 3 N–H and O–H groups in total. The molecule has 1 amide bonds. The zero-order valence-corrected chi connectivity index (χ0v) is 15.2. The number of rotatable bonds is 5. The average Bonchev–Trinajstić information content (AvgIpc) is 3.29. The number of nitrogens with one attached hydrogen (secondary N) is 3. The van der Waals surface area contributed by atoms with Crippen LogP contribution < -0.4 is 10.1 Å². The summed E-state index contributed by atoms with van der Waals surface area (Å²) in [5.74, 6) is 0.648. The fraction of sp³-hybridized carbons (Fsp3) is 0.143. The first-order chi connectivity index (χ1) is 13.2. The number of methoxy groups -OCH3 is 1. The Balaban J connectivity index is 1.54. The molecule has 6 heteroatoms. The van der Waals surface area contributed by atoms with E-state index in [-0.39, 0.29) is 5.91 Å². The zero-order chi connectivity index (χ0) is 18.8. The smallest absolute Gasteiger partial charge is 0.255 e. The standard InChI is InChI=1S/C21H20N4O2/c1-13-19(20(25-24-13)14-6-4-3-5-7-14)21(26)22-12-16-10-15-11-17(27-2)8-9-18(15)23-16/h3-11,23H,12H2,1-2H3,(H,22,26)(H,24,25). The van der Waals surface area contributed by atoms with Crippen molar-refractivity contribution in [3.8, 4) is 17.0 Å². The number of hydrogen-bond donors (Lipinski definition) is 3. The maximum atomic E-state index is 12.8. The van der Waals surface area contributed by atoms with E-state index in [1.54, 1.807) is 7.11 Å². The van der Waals surface area contributed by atoms with Crippen LogP contribution in [-0.2, 0) is 6.54 Å². The molecule has 2 aromatic heterocycles. The molecule has 0 radical (unpaired) electrons. The van der Waals surface area contributed by atoms with Gasteiger partial charge in [0.1, 0.15) is 11.4 Å². The summed E-state index contributed by atoms with van der Waals surface area (Å²) in [5, 5.41) is 11.2. The lowest BCUT2D eigenvalue weighted by atomic mass is 10.1. The van der Waals surface area contributed by atoms with E-state index in [0.29, 0.717) is 17.8 Å². The van der Waals surface area contributed by atoms with Crippen molar-refractivity contribution in [2.75, 3.05) is 7.11 Å². The number of carbonyl (C=O) groups is 1. The molecule has 6 nitrogen and oxygen atoms in total. The first kappa shape index (κ1) is 16.9. The molecule has 0 saturated carbocycles. The molecule has 2 aromatic carbocycles. The van der Waals surface area contributed by atoms with Gasteiger partial charge in [0.05, 0.1) is 19.2 Å². The lowest BCUT2D eigenvalue weighted by Crippen LogP contribution is -2.23. The fourth-order valence-electron chi connectivity index (χ4n) is 3.17. The van der Waals surface area contributed by atoms with Crippen molar-refractivity contribution in [3.63, 3.8) is 0 Å². The number of benzene rings is 2. The highest BCUT2D eigenvalue weighted by atomic mass is 16.5. The summed E-state index contributed by atoms with van der Waals surface area (Å²) in [6.45, 7) is 2.25. The van der Waals surface area contributed by atoms with Crippen LogP contribution in [-0.4, -0.2) is 28.2 Å². The van der Waals surface area contributed by atoms with Gasteiger partial charge in [-0.2, -0.15) is 5.10 Å². The van der Waals surface area contributed by atoms with Crippen molar-refractivity contribution in [2.24, 2.45) is 0 Å². The monoisotopic (exact) mass is 360 g/mol. The van der Waals surface area contributed by atoms with Gasteiger partial charge in [0.2, 0.25) is 0 Å². The number of nitrogens with zero attached hydrogens (tertiary/aromatic N) is 1. The van der Waals surface area contributed by atoms with Crippen LogP contribution in [0.4, 0.5) is 0 Å². The molecular formula is C21H20N4O2. The van der Waals surface area contributed by atoms with Crippen LogP contribution in [0, 0.1) is 6.92 Å². The maximum absolute atomic E-state index is 12.8. The highest BCUT2D eigenvalue weighted by Crippen LogP contribution is 2.24. The number of amides is 1.